The van der Waals surface area contributed by atoms with Gasteiger partial charge in [0.1, 0.15) is 12.4 Å². The molecule has 5 nitrogen and oxygen atoms in total. The number of hydrogen-bond acceptors (Lipinski definition) is 4. The van der Waals surface area contributed by atoms with Gasteiger partial charge in [0.05, 0.1) is 0 Å². The number of nitrogens with two attached hydrogens (primary N) is 1. The van der Waals surface area contributed by atoms with Crippen LogP contribution in [0.2, 0.25) is 0 Å². The van der Waals surface area contributed by atoms with Crippen molar-refractivity contribution in [1.82, 2.24) is 4.90 Å². The van der Waals surface area contributed by atoms with E-state index in [0.29, 0.717) is 22.9 Å². The van der Waals surface area contributed by atoms with Gasteiger partial charge in [0.2, 0.25) is 0 Å². The zero-order chi connectivity index (χ0) is 16.5. The molecule has 0 radical (unpaired) electrons. The number of likely N-dealkylation sites (N-methyl/N-ethyl adjacent to an activating group) is 1. The quantitative estimate of drug-likeness (QED) is 0.472. The van der Waals surface area contributed by atoms with E-state index in [0.717, 1.165) is 17.2 Å². The van der Waals surface area contributed by atoms with Crippen molar-refractivity contribution in [3.05, 3.63) is 24.3 Å². The van der Waals surface area contributed by atoms with E-state index in [9.17, 15) is 0 Å². The number of nitrogens with one attached hydrogen (secondary N) is 1. The van der Waals surface area contributed by atoms with Crippen LogP contribution in [-0.4, -0.2) is 47.7 Å². The molecule has 1 aromatic rings. The van der Waals surface area contributed by atoms with Crippen LogP contribution in [0.25, 0.3) is 0 Å². The predicted molar refractivity (Wildman–Crippen MR) is 101 cm³/mol. The van der Waals surface area contributed by atoms with Gasteiger partial charge >= 0.3 is 0 Å². The topological polar surface area (TPSA) is 62.9 Å². The average molecular weight is 341 g/mol. The fraction of sp³-hybridized carbons (Fsp3) is 0.467. The molecule has 0 unspecified atom stereocenters. The van der Waals surface area contributed by atoms with E-state index in [1.54, 1.807) is 0 Å². The number of ether oxygens (including phenoxy) is 1. The van der Waals surface area contributed by atoms with E-state index in [4.69, 9.17) is 22.7 Å². The van der Waals surface area contributed by atoms with Gasteiger partial charge in [-0.2, -0.15) is 4.99 Å². The Morgan fingerprint density at radius 3 is 2.59 bits per heavy atom. The average Bonchev–Trinajstić information content (AvgIpc) is 2.46. The zero-order valence-corrected chi connectivity index (χ0v) is 15.1. The summed E-state index contributed by atoms with van der Waals surface area (Å²) in [6.07, 6.45) is 0. The molecule has 0 amide bonds. The van der Waals surface area contributed by atoms with Gasteiger partial charge in [0, 0.05) is 11.7 Å². The second-order valence-electron chi connectivity index (χ2n) is 4.96. The van der Waals surface area contributed by atoms with Crippen LogP contribution in [0, 0.1) is 0 Å². The van der Waals surface area contributed by atoms with Crippen LogP contribution in [0.3, 0.4) is 0 Å². The normalized spacial score (nSPS) is 13.0. The minimum atomic E-state index is 0.355. The standard InChI is InChI=1S/C15H24N4OS2/c1-5-22-14(16)18-15(21)17-12-6-8-13(9-7-12)20-10-11(2)19(3)4/h6-9,11H,5,10H2,1-4H3,(H3,16,17,18,21)/t11-/m1/s1. The molecule has 0 bridgehead atoms. The summed E-state index contributed by atoms with van der Waals surface area (Å²) in [5, 5.41) is 3.85. The lowest BCUT2D eigenvalue weighted by Gasteiger charge is -2.20. The van der Waals surface area contributed by atoms with Crippen LogP contribution in [-0.2, 0) is 0 Å². The smallest absolute Gasteiger partial charge is 0.199 e. The number of anilines is 1. The molecule has 22 heavy (non-hydrogen) atoms. The van der Waals surface area contributed by atoms with Crippen molar-refractivity contribution < 1.29 is 4.74 Å². The number of amidine groups is 1. The third-order valence-corrected chi connectivity index (χ3v) is 3.85. The molecule has 7 heteroatoms. The van der Waals surface area contributed by atoms with E-state index in [-0.39, 0.29) is 0 Å². The predicted octanol–water partition coefficient (Wildman–Crippen LogP) is 2.78. The summed E-state index contributed by atoms with van der Waals surface area (Å²) >= 11 is 6.61. The molecule has 0 saturated heterocycles. The Morgan fingerprint density at radius 1 is 1.41 bits per heavy atom. The van der Waals surface area contributed by atoms with Crippen molar-refractivity contribution in [2.75, 3.05) is 31.8 Å². The Balaban J connectivity index is 2.51. The van der Waals surface area contributed by atoms with Crippen molar-refractivity contribution in [3.63, 3.8) is 0 Å². The fourth-order valence-electron chi connectivity index (χ4n) is 1.43. The van der Waals surface area contributed by atoms with Gasteiger partial charge in [0.15, 0.2) is 10.3 Å². The minimum absolute atomic E-state index is 0.355. The lowest BCUT2D eigenvalue weighted by atomic mass is 10.3. The lowest BCUT2D eigenvalue weighted by Crippen LogP contribution is -2.30. The van der Waals surface area contributed by atoms with E-state index in [2.05, 4.69) is 22.1 Å². The monoisotopic (exact) mass is 340 g/mol. The van der Waals surface area contributed by atoms with Gasteiger partial charge in [-0.1, -0.05) is 18.7 Å². The SMILES string of the molecule is CCS/C(N)=N/C(=S)Nc1ccc(OC[C@@H](C)N(C)C)cc1. The van der Waals surface area contributed by atoms with Gasteiger partial charge in [-0.05, 0) is 63.3 Å². The largest absolute Gasteiger partial charge is 0.492 e. The number of thioether (sulfide) groups is 1. The van der Waals surface area contributed by atoms with Crippen LogP contribution in [0.1, 0.15) is 13.8 Å². The molecule has 3 N–H and O–H groups in total. The summed E-state index contributed by atoms with van der Waals surface area (Å²) in [6, 6.07) is 7.97. The molecule has 0 fully saturated rings. The first-order valence-electron chi connectivity index (χ1n) is 7.09. The van der Waals surface area contributed by atoms with Gasteiger partial charge in [0.25, 0.3) is 0 Å². The first kappa shape index (κ1) is 18.7. The number of thiocarbonyl (C=S) groups is 1. The van der Waals surface area contributed by atoms with Gasteiger partial charge in [-0.25, -0.2) is 0 Å². The molecule has 0 saturated carbocycles. The Labute approximate surface area is 142 Å². The number of nitrogens with zero attached hydrogens (tertiary/aromatic N) is 2. The Hall–Kier alpha value is -1.31. The van der Waals surface area contributed by atoms with Crippen LogP contribution in [0.4, 0.5) is 5.69 Å². The maximum atomic E-state index is 5.73. The highest BCUT2D eigenvalue weighted by molar-refractivity contribution is 8.13. The molecule has 0 aliphatic carbocycles. The van der Waals surface area contributed by atoms with Gasteiger partial charge in [-0.15, -0.1) is 0 Å². The summed E-state index contributed by atoms with van der Waals surface area (Å²) in [6.45, 7) is 4.78. The molecule has 0 heterocycles. The minimum Gasteiger partial charge on any atom is -0.492 e. The molecule has 0 aliphatic rings. The number of benzene rings is 1. The summed E-state index contributed by atoms with van der Waals surface area (Å²) < 4.78 is 5.73. The molecule has 122 valence electrons. The first-order valence-corrected chi connectivity index (χ1v) is 8.49. The Kier molecular flexibility index (Phi) is 8.22. The molecule has 0 spiro atoms. The van der Waals surface area contributed by atoms with Crippen molar-refractivity contribution in [2.24, 2.45) is 10.7 Å². The lowest BCUT2D eigenvalue weighted by molar-refractivity contribution is 0.198. The molecule has 0 aliphatic heterocycles. The summed E-state index contributed by atoms with van der Waals surface area (Å²) in [5.41, 5.74) is 6.57. The first-order chi connectivity index (χ1) is 10.4. The Morgan fingerprint density at radius 2 is 2.05 bits per heavy atom. The van der Waals surface area contributed by atoms with Crippen LogP contribution in [0.15, 0.2) is 29.3 Å². The van der Waals surface area contributed by atoms with Crippen molar-refractivity contribution in [3.8, 4) is 5.75 Å². The van der Waals surface area contributed by atoms with E-state index < -0.39 is 0 Å². The van der Waals surface area contributed by atoms with Crippen molar-refractivity contribution in [2.45, 2.75) is 19.9 Å². The highest BCUT2D eigenvalue weighted by Gasteiger charge is 2.05. The number of rotatable bonds is 6. The van der Waals surface area contributed by atoms with E-state index >= 15 is 0 Å². The van der Waals surface area contributed by atoms with E-state index in [1.165, 1.54) is 11.8 Å². The van der Waals surface area contributed by atoms with Gasteiger partial charge in [-0.3, -0.25) is 0 Å². The zero-order valence-electron chi connectivity index (χ0n) is 13.5. The third kappa shape index (κ3) is 7.11. The third-order valence-electron chi connectivity index (χ3n) is 2.98. The molecular formula is C15H24N4OS2. The second kappa shape index (κ2) is 9.66. The number of hydrogen-bond donors (Lipinski definition) is 2. The Bertz CT molecular complexity index is 503. The summed E-state index contributed by atoms with van der Waals surface area (Å²) in [7, 11) is 4.07. The summed E-state index contributed by atoms with van der Waals surface area (Å²) in [5.74, 6) is 1.70. The molecule has 1 rings (SSSR count). The van der Waals surface area contributed by atoms with Crippen LogP contribution in [0.5, 0.6) is 5.75 Å². The molecule has 1 atom stereocenters. The highest BCUT2D eigenvalue weighted by Crippen LogP contribution is 2.16. The number of aliphatic imine (C=N–C) groups is 1. The van der Waals surface area contributed by atoms with Gasteiger partial charge < -0.3 is 20.7 Å². The summed E-state index contributed by atoms with van der Waals surface area (Å²) in [4.78, 5) is 6.22. The molecule has 0 aromatic heterocycles. The maximum absolute atomic E-state index is 5.73. The maximum Gasteiger partial charge on any atom is 0.199 e. The molecular weight excluding hydrogens is 316 g/mol. The van der Waals surface area contributed by atoms with Crippen LogP contribution >= 0.6 is 24.0 Å². The van der Waals surface area contributed by atoms with Crippen molar-refractivity contribution >= 4 is 39.9 Å². The fourth-order valence-corrected chi connectivity index (χ4v) is 2.16. The molecule has 1 aromatic carbocycles. The van der Waals surface area contributed by atoms with E-state index in [1.807, 2.05) is 45.3 Å². The highest BCUT2D eigenvalue weighted by atomic mass is 32.2. The van der Waals surface area contributed by atoms with Crippen LogP contribution < -0.4 is 15.8 Å². The van der Waals surface area contributed by atoms with Crippen molar-refractivity contribution in [1.29, 1.82) is 0 Å². The second-order valence-corrected chi connectivity index (χ2v) is 6.63.